The van der Waals surface area contributed by atoms with Crippen molar-refractivity contribution in [3.63, 3.8) is 0 Å². The topological polar surface area (TPSA) is 60.9 Å². The summed E-state index contributed by atoms with van der Waals surface area (Å²) in [6.45, 7) is 1.13. The van der Waals surface area contributed by atoms with E-state index in [9.17, 15) is 22.8 Å². The van der Waals surface area contributed by atoms with Crippen molar-refractivity contribution in [1.82, 2.24) is 9.80 Å². The van der Waals surface area contributed by atoms with E-state index >= 15 is 0 Å². The van der Waals surface area contributed by atoms with Crippen molar-refractivity contribution < 1.29 is 27.9 Å². The van der Waals surface area contributed by atoms with Crippen molar-refractivity contribution in [3.8, 4) is 0 Å². The Morgan fingerprint density at radius 1 is 1.38 bits per heavy atom. The minimum Gasteiger partial charge on any atom is -0.480 e. The van der Waals surface area contributed by atoms with Gasteiger partial charge < -0.3 is 10.0 Å². The number of aliphatic carboxylic acids is 1. The molecule has 1 saturated heterocycles. The second-order valence-electron chi connectivity index (χ2n) is 5.34. The standard InChI is InChI=1S/C13H21F3N2O3/c1-2-5-18(9-13(14,15)16)12(21)10-4-3-6-17(7-10)8-11(19)20/h10H,2-9H2,1H3,(H,19,20)/t10-/m1/s1. The molecular formula is C13H21F3N2O3. The van der Waals surface area contributed by atoms with E-state index in [4.69, 9.17) is 5.11 Å². The van der Waals surface area contributed by atoms with Crippen LogP contribution in [0.5, 0.6) is 0 Å². The molecule has 1 atom stereocenters. The van der Waals surface area contributed by atoms with Crippen LogP contribution in [0.1, 0.15) is 26.2 Å². The number of carboxylic acid groups (broad SMARTS) is 1. The molecule has 1 amide bonds. The number of hydrogen-bond acceptors (Lipinski definition) is 3. The molecule has 8 heteroatoms. The van der Waals surface area contributed by atoms with Gasteiger partial charge in [-0.25, -0.2) is 0 Å². The third-order valence-electron chi connectivity index (χ3n) is 3.39. The lowest BCUT2D eigenvalue weighted by atomic mass is 9.96. The maximum absolute atomic E-state index is 12.5. The van der Waals surface area contributed by atoms with Crippen molar-refractivity contribution >= 4 is 11.9 Å². The van der Waals surface area contributed by atoms with Gasteiger partial charge in [0.2, 0.25) is 5.91 Å². The van der Waals surface area contributed by atoms with Gasteiger partial charge in [-0.3, -0.25) is 14.5 Å². The van der Waals surface area contributed by atoms with Gasteiger partial charge in [-0.1, -0.05) is 6.92 Å². The monoisotopic (exact) mass is 310 g/mol. The van der Waals surface area contributed by atoms with Crippen LogP contribution in [-0.2, 0) is 9.59 Å². The zero-order chi connectivity index (χ0) is 16.0. The first-order valence-electron chi connectivity index (χ1n) is 7.02. The average molecular weight is 310 g/mol. The highest BCUT2D eigenvalue weighted by molar-refractivity contribution is 5.79. The lowest BCUT2D eigenvalue weighted by molar-refractivity contribution is -0.165. The maximum Gasteiger partial charge on any atom is 0.406 e. The Kier molecular flexibility index (Phi) is 6.44. The van der Waals surface area contributed by atoms with E-state index in [-0.39, 0.29) is 19.6 Å². The molecule has 0 aromatic rings. The first-order valence-corrected chi connectivity index (χ1v) is 7.02. The molecule has 1 aliphatic rings. The van der Waals surface area contributed by atoms with E-state index in [1.54, 1.807) is 11.8 Å². The minimum absolute atomic E-state index is 0.0633. The SMILES string of the molecule is CCCN(CC(F)(F)F)C(=O)[C@@H]1CCCN(CC(=O)O)C1. The summed E-state index contributed by atoms with van der Waals surface area (Å²) >= 11 is 0. The van der Waals surface area contributed by atoms with Gasteiger partial charge in [0.15, 0.2) is 0 Å². The number of rotatable bonds is 6. The molecule has 1 heterocycles. The quantitative estimate of drug-likeness (QED) is 0.809. The van der Waals surface area contributed by atoms with Gasteiger partial charge in [-0.15, -0.1) is 0 Å². The van der Waals surface area contributed by atoms with E-state index in [0.29, 0.717) is 25.8 Å². The zero-order valence-electron chi connectivity index (χ0n) is 12.0. The molecule has 21 heavy (non-hydrogen) atoms. The summed E-state index contributed by atoms with van der Waals surface area (Å²) in [7, 11) is 0. The van der Waals surface area contributed by atoms with Crippen LogP contribution in [0.15, 0.2) is 0 Å². The van der Waals surface area contributed by atoms with Crippen LogP contribution in [0.2, 0.25) is 0 Å². The molecule has 0 aromatic carbocycles. The van der Waals surface area contributed by atoms with Crippen LogP contribution in [-0.4, -0.2) is 65.7 Å². The lowest BCUT2D eigenvalue weighted by Gasteiger charge is -2.34. The molecule has 122 valence electrons. The van der Waals surface area contributed by atoms with E-state index < -0.39 is 30.5 Å². The Morgan fingerprint density at radius 2 is 2.05 bits per heavy atom. The molecule has 1 aliphatic heterocycles. The smallest absolute Gasteiger partial charge is 0.406 e. The molecule has 0 unspecified atom stereocenters. The Bertz CT molecular complexity index is 374. The Balaban J connectivity index is 2.66. The van der Waals surface area contributed by atoms with Crippen LogP contribution in [0.25, 0.3) is 0 Å². The molecule has 0 aromatic heterocycles. The van der Waals surface area contributed by atoms with E-state index in [0.717, 1.165) is 4.90 Å². The third kappa shape index (κ3) is 6.33. The van der Waals surface area contributed by atoms with Crippen molar-refractivity contribution in [2.75, 3.05) is 32.7 Å². The molecule has 0 spiro atoms. The predicted molar refractivity (Wildman–Crippen MR) is 69.7 cm³/mol. The Morgan fingerprint density at radius 3 is 2.57 bits per heavy atom. The van der Waals surface area contributed by atoms with Gasteiger partial charge >= 0.3 is 12.1 Å². The molecule has 1 rings (SSSR count). The second-order valence-corrected chi connectivity index (χ2v) is 5.34. The molecule has 0 aliphatic carbocycles. The number of carbonyl (C=O) groups excluding carboxylic acids is 1. The van der Waals surface area contributed by atoms with Crippen molar-refractivity contribution in [2.45, 2.75) is 32.4 Å². The number of carboxylic acids is 1. The number of amides is 1. The highest BCUT2D eigenvalue weighted by Crippen LogP contribution is 2.22. The number of piperidine rings is 1. The summed E-state index contributed by atoms with van der Waals surface area (Å²) in [5.74, 6) is -2.07. The predicted octanol–water partition coefficient (Wildman–Crippen LogP) is 1.58. The highest BCUT2D eigenvalue weighted by Gasteiger charge is 2.36. The van der Waals surface area contributed by atoms with E-state index in [2.05, 4.69) is 0 Å². The normalized spacial score (nSPS) is 20.3. The molecule has 0 saturated carbocycles. The number of hydrogen-bond donors (Lipinski definition) is 1. The van der Waals surface area contributed by atoms with Gasteiger partial charge in [-0.05, 0) is 25.8 Å². The van der Waals surface area contributed by atoms with Crippen LogP contribution in [0.4, 0.5) is 13.2 Å². The summed E-state index contributed by atoms with van der Waals surface area (Å²) in [5, 5.41) is 8.75. The second kappa shape index (κ2) is 7.63. The van der Waals surface area contributed by atoms with Gasteiger partial charge in [0.1, 0.15) is 6.54 Å². The minimum atomic E-state index is -4.42. The molecule has 1 fully saturated rings. The van der Waals surface area contributed by atoms with Crippen LogP contribution < -0.4 is 0 Å². The lowest BCUT2D eigenvalue weighted by Crippen LogP contribution is -2.48. The van der Waals surface area contributed by atoms with Crippen LogP contribution in [0.3, 0.4) is 0 Å². The van der Waals surface area contributed by atoms with Crippen molar-refractivity contribution in [3.05, 3.63) is 0 Å². The number of halogens is 3. The van der Waals surface area contributed by atoms with Gasteiger partial charge in [0.25, 0.3) is 0 Å². The summed E-state index contributed by atoms with van der Waals surface area (Å²) < 4.78 is 37.6. The average Bonchev–Trinajstić information content (AvgIpc) is 2.35. The number of nitrogens with zero attached hydrogens (tertiary/aromatic N) is 2. The molecular weight excluding hydrogens is 289 g/mol. The molecule has 1 N–H and O–H groups in total. The first-order chi connectivity index (χ1) is 9.73. The van der Waals surface area contributed by atoms with Gasteiger partial charge in [0, 0.05) is 13.1 Å². The molecule has 0 bridgehead atoms. The number of likely N-dealkylation sites (tertiary alicyclic amines) is 1. The van der Waals surface area contributed by atoms with Gasteiger partial charge in [0.05, 0.1) is 12.5 Å². The highest BCUT2D eigenvalue weighted by atomic mass is 19.4. The molecule has 5 nitrogen and oxygen atoms in total. The fraction of sp³-hybridized carbons (Fsp3) is 0.846. The third-order valence-corrected chi connectivity index (χ3v) is 3.39. The van der Waals surface area contributed by atoms with Crippen molar-refractivity contribution in [2.24, 2.45) is 5.92 Å². The maximum atomic E-state index is 12.5. The van der Waals surface area contributed by atoms with E-state index in [1.165, 1.54) is 0 Å². The van der Waals surface area contributed by atoms with Crippen LogP contribution in [0, 0.1) is 5.92 Å². The fourth-order valence-corrected chi connectivity index (χ4v) is 2.60. The summed E-state index contributed by atoms with van der Waals surface area (Å²) in [5.41, 5.74) is 0. The fourth-order valence-electron chi connectivity index (χ4n) is 2.60. The summed E-state index contributed by atoms with van der Waals surface area (Å²) in [6, 6.07) is 0. The Labute approximate surface area is 121 Å². The first kappa shape index (κ1) is 17.7. The summed E-state index contributed by atoms with van der Waals surface area (Å²) in [4.78, 5) is 25.4. The largest absolute Gasteiger partial charge is 0.480 e. The Hall–Kier alpha value is -1.31. The van der Waals surface area contributed by atoms with E-state index in [1.807, 2.05) is 0 Å². The van der Waals surface area contributed by atoms with Crippen LogP contribution >= 0.6 is 0 Å². The van der Waals surface area contributed by atoms with Gasteiger partial charge in [-0.2, -0.15) is 13.2 Å². The van der Waals surface area contributed by atoms with Crippen molar-refractivity contribution in [1.29, 1.82) is 0 Å². The summed E-state index contributed by atoms with van der Waals surface area (Å²) in [6.07, 6.45) is -2.84. The molecule has 0 radical (unpaired) electrons. The number of alkyl halides is 3. The zero-order valence-corrected chi connectivity index (χ0v) is 12.0. The number of carbonyl (C=O) groups is 2.